The van der Waals surface area contributed by atoms with Crippen LogP contribution < -0.4 is 15.5 Å². The summed E-state index contributed by atoms with van der Waals surface area (Å²) >= 11 is 6.23. The van der Waals surface area contributed by atoms with E-state index in [0.717, 1.165) is 63.9 Å². The lowest BCUT2D eigenvalue weighted by Gasteiger charge is -2.20. The van der Waals surface area contributed by atoms with Gasteiger partial charge < -0.3 is 20.3 Å². The first-order valence-electron chi connectivity index (χ1n) is 8.65. The normalized spacial score (nSPS) is 17.3. The van der Waals surface area contributed by atoms with Crippen molar-refractivity contribution < 1.29 is 4.74 Å². The summed E-state index contributed by atoms with van der Waals surface area (Å²) in [6, 6.07) is 4.08. The first-order valence-corrected chi connectivity index (χ1v) is 9.02. The average molecular weight is 482 g/mol. The number of rotatable bonds is 8. The third-order valence-corrected chi connectivity index (χ3v) is 4.30. The van der Waals surface area contributed by atoms with Crippen molar-refractivity contribution in [1.82, 2.24) is 15.6 Å². The van der Waals surface area contributed by atoms with Gasteiger partial charge in [0, 0.05) is 52.1 Å². The van der Waals surface area contributed by atoms with Crippen molar-refractivity contribution in [2.45, 2.75) is 32.2 Å². The Bertz CT molecular complexity index is 532. The van der Waals surface area contributed by atoms with Crippen LogP contribution in [0.1, 0.15) is 26.2 Å². The molecule has 2 rings (SSSR count). The SMILES string of the molecule is CCOCCCCNC(=NC)NC1CCN(c2ncccc2Cl)C1.I. The number of nitrogens with zero attached hydrogens (tertiary/aromatic N) is 3. The van der Waals surface area contributed by atoms with Crippen LogP contribution >= 0.6 is 35.6 Å². The van der Waals surface area contributed by atoms with Crippen molar-refractivity contribution in [1.29, 1.82) is 0 Å². The molecular formula is C17H29ClIN5O. The molecule has 142 valence electrons. The number of guanidine groups is 1. The van der Waals surface area contributed by atoms with Crippen LogP contribution in [0.25, 0.3) is 0 Å². The molecule has 0 aliphatic carbocycles. The van der Waals surface area contributed by atoms with Gasteiger partial charge in [-0.25, -0.2) is 4.98 Å². The summed E-state index contributed by atoms with van der Waals surface area (Å²) in [5.74, 6) is 1.72. The van der Waals surface area contributed by atoms with Gasteiger partial charge in [0.25, 0.3) is 0 Å². The van der Waals surface area contributed by atoms with Gasteiger partial charge in [0.2, 0.25) is 0 Å². The number of anilines is 1. The van der Waals surface area contributed by atoms with Gasteiger partial charge in [-0.15, -0.1) is 24.0 Å². The Morgan fingerprint density at radius 3 is 3.04 bits per heavy atom. The molecule has 0 aromatic carbocycles. The Morgan fingerprint density at radius 1 is 1.48 bits per heavy atom. The monoisotopic (exact) mass is 481 g/mol. The molecule has 0 spiro atoms. The summed E-state index contributed by atoms with van der Waals surface area (Å²) in [5.41, 5.74) is 0. The van der Waals surface area contributed by atoms with E-state index in [0.29, 0.717) is 11.1 Å². The lowest BCUT2D eigenvalue weighted by Crippen LogP contribution is -2.45. The molecule has 2 heterocycles. The van der Waals surface area contributed by atoms with Gasteiger partial charge in [-0.2, -0.15) is 0 Å². The van der Waals surface area contributed by atoms with Crippen LogP contribution in [0.2, 0.25) is 5.02 Å². The zero-order valence-electron chi connectivity index (χ0n) is 15.0. The van der Waals surface area contributed by atoms with Crippen molar-refractivity contribution in [3.63, 3.8) is 0 Å². The zero-order valence-corrected chi connectivity index (χ0v) is 18.1. The number of ether oxygens (including phenoxy) is 1. The molecule has 1 aliphatic rings. The Balaban J connectivity index is 0.00000312. The summed E-state index contributed by atoms with van der Waals surface area (Å²) in [6.07, 6.45) is 4.96. The van der Waals surface area contributed by atoms with E-state index in [1.165, 1.54) is 0 Å². The minimum absolute atomic E-state index is 0. The zero-order chi connectivity index (χ0) is 17.2. The molecule has 1 aromatic heterocycles. The molecule has 0 radical (unpaired) electrons. The minimum atomic E-state index is 0. The molecule has 25 heavy (non-hydrogen) atoms. The number of unbranched alkanes of at least 4 members (excludes halogenated alkanes) is 1. The predicted octanol–water partition coefficient (Wildman–Crippen LogP) is 2.91. The first kappa shape index (κ1) is 22.2. The van der Waals surface area contributed by atoms with Gasteiger partial charge >= 0.3 is 0 Å². The van der Waals surface area contributed by atoms with E-state index in [4.69, 9.17) is 16.3 Å². The van der Waals surface area contributed by atoms with Gasteiger partial charge in [-0.3, -0.25) is 4.99 Å². The summed E-state index contributed by atoms with van der Waals surface area (Å²) < 4.78 is 5.34. The van der Waals surface area contributed by atoms with Crippen LogP contribution in [-0.2, 0) is 4.74 Å². The number of hydrogen-bond donors (Lipinski definition) is 2. The van der Waals surface area contributed by atoms with Crippen LogP contribution in [0.3, 0.4) is 0 Å². The van der Waals surface area contributed by atoms with Gasteiger partial charge in [0.15, 0.2) is 5.96 Å². The highest BCUT2D eigenvalue weighted by atomic mass is 127. The Labute approximate surface area is 172 Å². The van der Waals surface area contributed by atoms with Crippen LogP contribution in [0, 0.1) is 0 Å². The molecule has 2 N–H and O–H groups in total. The van der Waals surface area contributed by atoms with E-state index >= 15 is 0 Å². The second-order valence-electron chi connectivity index (χ2n) is 5.79. The number of nitrogens with one attached hydrogen (secondary N) is 2. The quantitative estimate of drug-likeness (QED) is 0.259. The number of aliphatic imine (C=N–C) groups is 1. The Morgan fingerprint density at radius 2 is 2.32 bits per heavy atom. The maximum Gasteiger partial charge on any atom is 0.191 e. The maximum absolute atomic E-state index is 6.23. The summed E-state index contributed by atoms with van der Waals surface area (Å²) in [7, 11) is 1.80. The maximum atomic E-state index is 6.23. The fraction of sp³-hybridized carbons (Fsp3) is 0.647. The number of halogens is 2. The fourth-order valence-electron chi connectivity index (χ4n) is 2.75. The number of aromatic nitrogens is 1. The molecule has 0 bridgehead atoms. The van der Waals surface area contributed by atoms with E-state index in [1.807, 2.05) is 19.1 Å². The highest BCUT2D eigenvalue weighted by Gasteiger charge is 2.25. The van der Waals surface area contributed by atoms with Gasteiger partial charge in [0.1, 0.15) is 5.82 Å². The van der Waals surface area contributed by atoms with Crippen molar-refractivity contribution in [3.05, 3.63) is 23.4 Å². The topological polar surface area (TPSA) is 61.8 Å². The molecule has 8 heteroatoms. The van der Waals surface area contributed by atoms with Crippen LogP contribution in [0.15, 0.2) is 23.3 Å². The van der Waals surface area contributed by atoms with Gasteiger partial charge in [0.05, 0.1) is 5.02 Å². The molecule has 6 nitrogen and oxygen atoms in total. The van der Waals surface area contributed by atoms with Crippen molar-refractivity contribution in [2.24, 2.45) is 4.99 Å². The van der Waals surface area contributed by atoms with E-state index in [9.17, 15) is 0 Å². The van der Waals surface area contributed by atoms with E-state index in [-0.39, 0.29) is 24.0 Å². The lowest BCUT2D eigenvalue weighted by atomic mass is 10.3. The number of pyridine rings is 1. The molecule has 1 aromatic rings. The van der Waals surface area contributed by atoms with Crippen molar-refractivity contribution >= 4 is 47.4 Å². The largest absolute Gasteiger partial charge is 0.382 e. The predicted molar refractivity (Wildman–Crippen MR) is 116 cm³/mol. The van der Waals surface area contributed by atoms with Gasteiger partial charge in [-0.05, 0) is 38.3 Å². The second-order valence-corrected chi connectivity index (χ2v) is 6.20. The standard InChI is InChI=1S/C17H28ClN5O.HI/c1-3-24-12-5-4-9-21-17(19-2)22-14-8-11-23(13-14)16-15(18)7-6-10-20-16;/h6-7,10,14H,3-5,8-9,11-13H2,1-2H3,(H2,19,21,22);1H. The molecule has 1 atom stereocenters. The van der Waals surface area contributed by atoms with E-state index in [2.05, 4.69) is 25.5 Å². The number of hydrogen-bond acceptors (Lipinski definition) is 4. The van der Waals surface area contributed by atoms with Crippen LogP contribution in [0.5, 0.6) is 0 Å². The fourth-order valence-corrected chi connectivity index (χ4v) is 2.99. The molecule has 0 amide bonds. The van der Waals surface area contributed by atoms with E-state index < -0.39 is 0 Å². The van der Waals surface area contributed by atoms with Gasteiger partial charge in [-0.1, -0.05) is 11.6 Å². The Kier molecular flexibility index (Phi) is 11.2. The summed E-state index contributed by atoms with van der Waals surface area (Å²) in [4.78, 5) is 10.9. The lowest BCUT2D eigenvalue weighted by molar-refractivity contribution is 0.143. The van der Waals surface area contributed by atoms with Crippen LogP contribution in [0.4, 0.5) is 5.82 Å². The molecule has 1 aliphatic heterocycles. The molecular weight excluding hydrogens is 453 g/mol. The van der Waals surface area contributed by atoms with Crippen LogP contribution in [-0.4, -0.2) is 56.9 Å². The van der Waals surface area contributed by atoms with E-state index in [1.54, 1.807) is 13.2 Å². The Hall–Kier alpha value is -0.800. The highest BCUT2D eigenvalue weighted by molar-refractivity contribution is 14.0. The molecule has 1 saturated heterocycles. The molecule has 1 fully saturated rings. The van der Waals surface area contributed by atoms with Crippen molar-refractivity contribution in [3.8, 4) is 0 Å². The smallest absolute Gasteiger partial charge is 0.191 e. The summed E-state index contributed by atoms with van der Waals surface area (Å²) in [6.45, 7) is 6.35. The third-order valence-electron chi connectivity index (χ3n) is 4.00. The molecule has 1 unspecified atom stereocenters. The third kappa shape index (κ3) is 7.53. The minimum Gasteiger partial charge on any atom is -0.382 e. The average Bonchev–Trinajstić information content (AvgIpc) is 3.05. The summed E-state index contributed by atoms with van der Waals surface area (Å²) in [5, 5.41) is 7.55. The highest BCUT2D eigenvalue weighted by Crippen LogP contribution is 2.25. The second kappa shape index (κ2) is 12.5. The first-order chi connectivity index (χ1) is 11.7. The molecule has 0 saturated carbocycles. The van der Waals surface area contributed by atoms with Crippen molar-refractivity contribution in [2.75, 3.05) is 44.8 Å².